The maximum absolute atomic E-state index is 13.2. The third kappa shape index (κ3) is 4.47. The zero-order valence-electron chi connectivity index (χ0n) is 16.7. The monoisotopic (exact) mass is 393 g/mol. The number of benzene rings is 2. The highest BCUT2D eigenvalue weighted by molar-refractivity contribution is 7.92. The van der Waals surface area contributed by atoms with Crippen LogP contribution in [0.5, 0.6) is 17.2 Å². The number of ether oxygens (including phenoxy) is 3. The fraction of sp³-hybridized carbons (Fsp3) is 0.400. The molecule has 2 aromatic rings. The number of hydrogen-bond donors (Lipinski definition) is 1. The van der Waals surface area contributed by atoms with Crippen LogP contribution in [0.3, 0.4) is 0 Å². The lowest BCUT2D eigenvalue weighted by atomic mass is 10.1. The van der Waals surface area contributed by atoms with Crippen molar-refractivity contribution in [2.75, 3.05) is 25.0 Å². The molecule has 27 heavy (non-hydrogen) atoms. The van der Waals surface area contributed by atoms with E-state index in [1.807, 2.05) is 20.8 Å². The molecular formula is C20H27NO5S. The highest BCUT2D eigenvalue weighted by Crippen LogP contribution is 2.35. The van der Waals surface area contributed by atoms with Gasteiger partial charge in [-0.2, -0.15) is 0 Å². The molecule has 0 radical (unpaired) electrons. The number of anilines is 1. The first-order valence-electron chi connectivity index (χ1n) is 8.82. The van der Waals surface area contributed by atoms with Crippen molar-refractivity contribution in [3.63, 3.8) is 0 Å². The predicted octanol–water partition coefficient (Wildman–Crippen LogP) is 4.22. The Morgan fingerprint density at radius 3 is 2.19 bits per heavy atom. The first kappa shape index (κ1) is 20.9. The molecule has 2 aromatic carbocycles. The van der Waals surface area contributed by atoms with Crippen LogP contribution in [0, 0.1) is 20.8 Å². The summed E-state index contributed by atoms with van der Waals surface area (Å²) in [6.45, 7) is 9.98. The van der Waals surface area contributed by atoms with E-state index in [0.717, 1.165) is 5.56 Å². The second-order valence-corrected chi connectivity index (χ2v) is 7.72. The Labute approximate surface area is 161 Å². The van der Waals surface area contributed by atoms with E-state index in [1.54, 1.807) is 45.2 Å². The van der Waals surface area contributed by atoms with E-state index in [4.69, 9.17) is 14.2 Å². The molecule has 0 saturated heterocycles. The van der Waals surface area contributed by atoms with E-state index >= 15 is 0 Å². The van der Waals surface area contributed by atoms with Gasteiger partial charge in [-0.05, 0) is 69.5 Å². The molecule has 0 fully saturated rings. The van der Waals surface area contributed by atoms with Crippen LogP contribution >= 0.6 is 0 Å². The van der Waals surface area contributed by atoms with Gasteiger partial charge >= 0.3 is 0 Å². The zero-order valence-corrected chi connectivity index (χ0v) is 17.5. The van der Waals surface area contributed by atoms with Gasteiger partial charge in [0.1, 0.15) is 17.2 Å². The minimum Gasteiger partial charge on any atom is -0.496 e. The second-order valence-electron chi connectivity index (χ2n) is 6.10. The molecule has 6 nitrogen and oxygen atoms in total. The summed E-state index contributed by atoms with van der Waals surface area (Å²) in [5.74, 6) is 1.68. The molecule has 1 N–H and O–H groups in total. The summed E-state index contributed by atoms with van der Waals surface area (Å²) in [5.41, 5.74) is 2.39. The fourth-order valence-corrected chi connectivity index (χ4v) is 4.56. The van der Waals surface area contributed by atoms with Gasteiger partial charge in [-0.15, -0.1) is 0 Å². The Balaban J connectivity index is 2.54. The Hall–Kier alpha value is -2.41. The molecule has 0 amide bonds. The number of sulfonamides is 1. The van der Waals surface area contributed by atoms with Gasteiger partial charge in [0.2, 0.25) is 0 Å². The van der Waals surface area contributed by atoms with Gasteiger partial charge in [0, 0.05) is 6.07 Å². The lowest BCUT2D eigenvalue weighted by Crippen LogP contribution is -2.17. The van der Waals surface area contributed by atoms with Crippen LogP contribution in [0.15, 0.2) is 29.2 Å². The van der Waals surface area contributed by atoms with Crippen molar-refractivity contribution in [2.24, 2.45) is 0 Å². The van der Waals surface area contributed by atoms with E-state index in [2.05, 4.69) is 4.72 Å². The fourth-order valence-electron chi connectivity index (χ4n) is 2.97. The van der Waals surface area contributed by atoms with E-state index in [0.29, 0.717) is 47.3 Å². The number of nitrogens with one attached hydrogen (secondary N) is 1. The molecule has 0 spiro atoms. The standard InChI is InChI=1S/C20H27NO5S/c1-7-25-16-9-10-18(26-8-2)17(12-16)21-27(22,23)20-13(3)11-19(24-6)14(4)15(20)5/h9-12,21H,7-8H2,1-6H3. The van der Waals surface area contributed by atoms with Crippen molar-refractivity contribution in [2.45, 2.75) is 39.5 Å². The molecule has 2 rings (SSSR count). The average molecular weight is 394 g/mol. The quantitative estimate of drug-likeness (QED) is 0.727. The first-order chi connectivity index (χ1) is 12.7. The Bertz CT molecular complexity index is 922. The van der Waals surface area contributed by atoms with Gasteiger partial charge in [-0.3, -0.25) is 4.72 Å². The minimum atomic E-state index is -3.84. The molecule has 0 aromatic heterocycles. The third-order valence-corrected chi connectivity index (χ3v) is 5.93. The minimum absolute atomic E-state index is 0.241. The second kappa shape index (κ2) is 8.52. The molecule has 0 aliphatic carbocycles. The van der Waals surface area contributed by atoms with Crippen LogP contribution in [0.2, 0.25) is 0 Å². The van der Waals surface area contributed by atoms with Gasteiger partial charge in [0.05, 0.1) is 30.9 Å². The normalized spacial score (nSPS) is 11.2. The SMILES string of the molecule is CCOc1ccc(OCC)c(NS(=O)(=O)c2c(C)cc(OC)c(C)c2C)c1. The van der Waals surface area contributed by atoms with Crippen molar-refractivity contribution >= 4 is 15.7 Å². The number of rotatable bonds is 8. The Morgan fingerprint density at radius 1 is 0.926 bits per heavy atom. The maximum atomic E-state index is 13.2. The summed E-state index contributed by atoms with van der Waals surface area (Å²) in [5, 5.41) is 0. The summed E-state index contributed by atoms with van der Waals surface area (Å²) < 4.78 is 45.4. The molecular weight excluding hydrogens is 366 g/mol. The summed E-state index contributed by atoms with van der Waals surface area (Å²) in [6.07, 6.45) is 0. The molecule has 7 heteroatoms. The summed E-state index contributed by atoms with van der Waals surface area (Å²) in [6, 6.07) is 6.82. The highest BCUT2D eigenvalue weighted by Gasteiger charge is 2.24. The van der Waals surface area contributed by atoms with Crippen molar-refractivity contribution in [3.8, 4) is 17.2 Å². The van der Waals surface area contributed by atoms with Crippen molar-refractivity contribution in [1.82, 2.24) is 0 Å². The molecule has 0 bridgehead atoms. The topological polar surface area (TPSA) is 73.9 Å². The van der Waals surface area contributed by atoms with Gasteiger partial charge in [0.15, 0.2) is 0 Å². The average Bonchev–Trinajstić information content (AvgIpc) is 2.60. The van der Waals surface area contributed by atoms with Crippen molar-refractivity contribution < 1.29 is 22.6 Å². The van der Waals surface area contributed by atoms with E-state index in [9.17, 15) is 8.42 Å². The molecule has 0 heterocycles. The van der Waals surface area contributed by atoms with Gasteiger partial charge in [0.25, 0.3) is 10.0 Å². The van der Waals surface area contributed by atoms with Gasteiger partial charge < -0.3 is 14.2 Å². The van der Waals surface area contributed by atoms with Crippen molar-refractivity contribution in [3.05, 3.63) is 41.0 Å². The van der Waals surface area contributed by atoms with Gasteiger partial charge in [-0.1, -0.05) is 0 Å². The molecule has 0 saturated carbocycles. The van der Waals surface area contributed by atoms with Crippen LogP contribution in [-0.4, -0.2) is 28.7 Å². The summed E-state index contributed by atoms with van der Waals surface area (Å²) >= 11 is 0. The van der Waals surface area contributed by atoms with Crippen LogP contribution in [0.1, 0.15) is 30.5 Å². The summed E-state index contributed by atoms with van der Waals surface area (Å²) in [7, 11) is -2.27. The number of aryl methyl sites for hydroxylation is 1. The first-order valence-corrected chi connectivity index (χ1v) is 10.3. The van der Waals surface area contributed by atoms with Crippen molar-refractivity contribution in [1.29, 1.82) is 0 Å². The predicted molar refractivity (Wildman–Crippen MR) is 107 cm³/mol. The van der Waals surface area contributed by atoms with Crippen LogP contribution in [-0.2, 0) is 10.0 Å². The van der Waals surface area contributed by atoms with E-state index < -0.39 is 10.0 Å². The van der Waals surface area contributed by atoms with E-state index in [-0.39, 0.29) is 4.90 Å². The van der Waals surface area contributed by atoms with Crippen LogP contribution in [0.25, 0.3) is 0 Å². The highest BCUT2D eigenvalue weighted by atomic mass is 32.2. The number of hydrogen-bond acceptors (Lipinski definition) is 5. The van der Waals surface area contributed by atoms with Crippen LogP contribution < -0.4 is 18.9 Å². The summed E-state index contributed by atoms with van der Waals surface area (Å²) in [4.78, 5) is 0.241. The molecule has 0 atom stereocenters. The Kier molecular flexibility index (Phi) is 6.59. The largest absolute Gasteiger partial charge is 0.496 e. The molecule has 0 aliphatic heterocycles. The van der Waals surface area contributed by atoms with Gasteiger partial charge in [-0.25, -0.2) is 8.42 Å². The molecule has 0 unspecified atom stereocenters. The van der Waals surface area contributed by atoms with E-state index in [1.165, 1.54) is 0 Å². The smallest absolute Gasteiger partial charge is 0.262 e. The Morgan fingerprint density at radius 2 is 1.59 bits per heavy atom. The third-order valence-electron chi connectivity index (χ3n) is 4.27. The molecule has 148 valence electrons. The lowest BCUT2D eigenvalue weighted by molar-refractivity contribution is 0.332. The lowest BCUT2D eigenvalue weighted by Gasteiger charge is -2.19. The maximum Gasteiger partial charge on any atom is 0.262 e. The van der Waals surface area contributed by atoms with Crippen LogP contribution in [0.4, 0.5) is 5.69 Å². The molecule has 0 aliphatic rings. The zero-order chi connectivity index (χ0) is 20.2. The number of methoxy groups -OCH3 is 1.